The van der Waals surface area contributed by atoms with Crippen LogP contribution in [0.4, 0.5) is 4.39 Å². The van der Waals surface area contributed by atoms with E-state index in [0.717, 1.165) is 0 Å². The van der Waals surface area contributed by atoms with Crippen molar-refractivity contribution in [1.82, 2.24) is 19.3 Å². The molecule has 0 saturated heterocycles. The molecule has 171 valence electrons. The molecular weight excluding hydrogens is 490 g/mol. The second kappa shape index (κ2) is 10.2. The molecule has 1 fully saturated rings. The van der Waals surface area contributed by atoms with Gasteiger partial charge in [-0.25, -0.2) is 4.39 Å². The zero-order valence-electron chi connectivity index (χ0n) is 17.3. The normalized spacial score (nSPS) is 19.2. The molecule has 4 aromatic rings. The third-order valence-corrected chi connectivity index (χ3v) is 5.47. The maximum absolute atomic E-state index is 13.9. The van der Waals surface area contributed by atoms with Crippen LogP contribution < -0.4 is 5.56 Å². The maximum atomic E-state index is 13.9. The Morgan fingerprint density at radius 3 is 2.61 bits per heavy atom. The summed E-state index contributed by atoms with van der Waals surface area (Å²) in [7, 11) is 0. The van der Waals surface area contributed by atoms with Crippen LogP contribution in [0, 0.1) is 18.9 Å². The van der Waals surface area contributed by atoms with Gasteiger partial charge in [-0.3, -0.25) is 9.48 Å². The van der Waals surface area contributed by atoms with Crippen LogP contribution >= 0.6 is 11.6 Å². The number of aliphatic hydroxyl groups is 2. The first-order valence-corrected chi connectivity index (χ1v) is 10.2. The smallest absolute Gasteiger partial charge is 0.422 e. The van der Waals surface area contributed by atoms with Gasteiger partial charge in [0.1, 0.15) is 5.82 Å². The molecule has 1 radical (unpaired) electrons. The molecule has 0 bridgehead atoms. The van der Waals surface area contributed by atoms with E-state index < -0.39 is 5.60 Å². The Labute approximate surface area is 204 Å². The first-order chi connectivity index (χ1) is 15.2. The van der Waals surface area contributed by atoms with Crippen LogP contribution in [0.25, 0.3) is 16.6 Å². The van der Waals surface area contributed by atoms with Gasteiger partial charge in [-0.05, 0) is 35.7 Å². The molecule has 2 N–H and O–H groups in total. The number of pyridine rings is 2. The van der Waals surface area contributed by atoms with Crippen molar-refractivity contribution in [2.24, 2.45) is 0 Å². The molecule has 1 saturated carbocycles. The molecule has 5 rings (SSSR count). The molecule has 1 aliphatic rings. The van der Waals surface area contributed by atoms with E-state index in [9.17, 15) is 9.18 Å². The Balaban J connectivity index is 0.000000330. The summed E-state index contributed by atoms with van der Waals surface area (Å²) in [6.45, 7) is 3.66. The summed E-state index contributed by atoms with van der Waals surface area (Å²) in [6, 6.07) is 9.78. The summed E-state index contributed by atoms with van der Waals surface area (Å²) in [6.07, 6.45) is 7.75. The molecule has 1 aromatic carbocycles. The van der Waals surface area contributed by atoms with E-state index in [4.69, 9.17) is 21.8 Å². The fraction of sp³-hybridized carbons (Fsp3) is 0.217. The molecule has 0 amide bonds. The van der Waals surface area contributed by atoms with Gasteiger partial charge in [-0.15, -0.1) is 17.7 Å². The third kappa shape index (κ3) is 5.51. The third-order valence-electron chi connectivity index (χ3n) is 5.18. The van der Waals surface area contributed by atoms with Crippen molar-refractivity contribution in [2.75, 3.05) is 0 Å². The van der Waals surface area contributed by atoms with E-state index in [1.54, 1.807) is 41.2 Å². The standard InChI is InChI=1S/C18H11ClFN4O.C5H9O2.Mn/c19-14-10-21-7-5-17(14)23-8-6-16-13(18(23)25)9-22-24(16)11-12-3-1-2-4-15(12)20;1-5(7)2-4(6)3-5;/h1-6,8-10H,11H2;4,6-7H,1-3H2;/q2*-1;+2. The molecule has 1 aliphatic carbocycles. The monoisotopic (exact) mass is 509 g/mol. The summed E-state index contributed by atoms with van der Waals surface area (Å²) in [5.41, 5.74) is 0.547. The van der Waals surface area contributed by atoms with Crippen LogP contribution in [0.15, 0.2) is 59.8 Å². The molecule has 0 unspecified atom stereocenters. The second-order valence-electron chi connectivity index (χ2n) is 7.73. The van der Waals surface area contributed by atoms with E-state index >= 15 is 0 Å². The van der Waals surface area contributed by atoms with Gasteiger partial charge in [0.05, 0.1) is 29.7 Å². The van der Waals surface area contributed by atoms with E-state index in [2.05, 4.69) is 23.2 Å². The van der Waals surface area contributed by atoms with Crippen molar-refractivity contribution in [1.29, 1.82) is 0 Å². The van der Waals surface area contributed by atoms with Crippen LogP contribution in [-0.4, -0.2) is 41.2 Å². The van der Waals surface area contributed by atoms with Gasteiger partial charge in [0.15, 0.2) is 0 Å². The molecule has 3 heterocycles. The Hall–Kier alpha value is -2.55. The Morgan fingerprint density at radius 1 is 1.27 bits per heavy atom. The average Bonchev–Trinajstić information content (AvgIpc) is 3.14. The zero-order chi connectivity index (χ0) is 22.9. The molecule has 0 spiro atoms. The number of nitrogens with zero attached hydrogens (tertiary/aromatic N) is 4. The molecule has 33 heavy (non-hydrogen) atoms. The van der Waals surface area contributed by atoms with Crippen LogP contribution in [0.2, 0.25) is 5.02 Å². The van der Waals surface area contributed by atoms with Gasteiger partial charge in [0, 0.05) is 11.8 Å². The van der Waals surface area contributed by atoms with Crippen molar-refractivity contribution in [3.05, 3.63) is 94.9 Å². The van der Waals surface area contributed by atoms with Crippen LogP contribution in [-0.2, 0) is 23.6 Å². The number of aromatic nitrogens is 4. The molecule has 3 aromatic heterocycles. The summed E-state index contributed by atoms with van der Waals surface area (Å²) in [4.78, 5) is 16.6. The zero-order valence-corrected chi connectivity index (χ0v) is 19.3. The fourth-order valence-corrected chi connectivity index (χ4v) is 3.71. The van der Waals surface area contributed by atoms with Crippen molar-refractivity contribution < 1.29 is 31.7 Å². The predicted molar refractivity (Wildman–Crippen MR) is 118 cm³/mol. The van der Waals surface area contributed by atoms with Gasteiger partial charge in [-0.2, -0.15) is 5.10 Å². The van der Waals surface area contributed by atoms with Crippen LogP contribution in [0.5, 0.6) is 0 Å². The predicted octanol–water partition coefficient (Wildman–Crippen LogP) is 2.93. The Kier molecular flexibility index (Phi) is 7.72. The van der Waals surface area contributed by atoms with E-state index in [1.165, 1.54) is 23.0 Å². The van der Waals surface area contributed by atoms with Gasteiger partial charge in [0.2, 0.25) is 0 Å². The minimum Gasteiger partial charge on any atom is -0.422 e. The van der Waals surface area contributed by atoms with Crippen LogP contribution in [0.1, 0.15) is 18.4 Å². The van der Waals surface area contributed by atoms with Crippen molar-refractivity contribution in [3.63, 3.8) is 0 Å². The topological polar surface area (TPSA) is 93.2 Å². The Morgan fingerprint density at radius 2 is 2.00 bits per heavy atom. The van der Waals surface area contributed by atoms with E-state index in [1.807, 2.05) is 0 Å². The first-order valence-electron chi connectivity index (χ1n) is 9.83. The maximum Gasteiger partial charge on any atom is 2.00 e. The van der Waals surface area contributed by atoms with Crippen molar-refractivity contribution in [3.8, 4) is 5.69 Å². The van der Waals surface area contributed by atoms with E-state index in [0.29, 0.717) is 40.0 Å². The number of halogens is 2. The number of fused-ring (bicyclic) bond motifs is 1. The van der Waals surface area contributed by atoms with Crippen molar-refractivity contribution >= 4 is 22.5 Å². The molecule has 0 aliphatic heterocycles. The molecule has 10 heteroatoms. The minimum absolute atomic E-state index is 0. The number of rotatable bonds is 3. The summed E-state index contributed by atoms with van der Waals surface area (Å²) < 4.78 is 16.9. The quantitative estimate of drug-likeness (QED) is 0.327. The molecule has 0 atom stereocenters. The summed E-state index contributed by atoms with van der Waals surface area (Å²) in [5.74, 6) is -0.307. The first kappa shape index (κ1) is 25.1. The second-order valence-corrected chi connectivity index (χ2v) is 8.14. The van der Waals surface area contributed by atoms with Gasteiger partial charge >= 0.3 is 17.1 Å². The van der Waals surface area contributed by atoms with E-state index in [-0.39, 0.29) is 41.1 Å². The largest absolute Gasteiger partial charge is 2.00 e. The average molecular weight is 510 g/mol. The number of hydrogen-bond acceptors (Lipinski definition) is 5. The van der Waals surface area contributed by atoms with Gasteiger partial charge < -0.3 is 26.7 Å². The summed E-state index contributed by atoms with van der Waals surface area (Å²) in [5, 5.41) is 22.4. The van der Waals surface area contributed by atoms with Gasteiger partial charge in [0.25, 0.3) is 5.56 Å². The molecule has 7 nitrogen and oxygen atoms in total. The number of aliphatic hydroxyl groups excluding tert-OH is 1. The summed E-state index contributed by atoms with van der Waals surface area (Å²) >= 11 is 6.11. The fourth-order valence-electron chi connectivity index (χ4n) is 3.51. The van der Waals surface area contributed by atoms with Crippen molar-refractivity contribution in [2.45, 2.75) is 31.1 Å². The van der Waals surface area contributed by atoms with Crippen LogP contribution in [0.3, 0.4) is 0 Å². The molecular formula is C23H20ClFMnN4O3. The SMILES string of the molecule is O=c1c2cnn(Cc3ccccc3F)c2ccn1-c1c[c-]ncc1Cl.[CH2-]C1(O)CC(O)C1.[Mn+2]. The minimum atomic E-state index is -0.806. The Bertz CT molecular complexity index is 1320. The number of benzene rings is 1. The number of hydrogen-bond donors (Lipinski definition) is 2. The van der Waals surface area contributed by atoms with Gasteiger partial charge in [-0.1, -0.05) is 36.2 Å².